The van der Waals surface area contributed by atoms with Crippen LogP contribution < -0.4 is 0 Å². The molecule has 82 heavy (non-hydrogen) atoms. The van der Waals surface area contributed by atoms with Gasteiger partial charge in [0.15, 0.2) is 6.10 Å². The molecule has 1 N–H and O–H groups in total. The van der Waals surface area contributed by atoms with Gasteiger partial charge in [-0.2, -0.15) is 0 Å². The van der Waals surface area contributed by atoms with Crippen molar-refractivity contribution in [3.05, 3.63) is 158 Å². The summed E-state index contributed by atoms with van der Waals surface area (Å²) in [6.45, 7) is 3.91. The molecule has 0 heterocycles. The molecule has 0 rings (SSSR count). The molecular formula is C77H126O5. The molecule has 0 aliphatic carbocycles. The summed E-state index contributed by atoms with van der Waals surface area (Å²) in [6, 6.07) is 0. The maximum Gasteiger partial charge on any atom is 0.306 e. The molecule has 0 saturated heterocycles. The van der Waals surface area contributed by atoms with Crippen LogP contribution in [0.3, 0.4) is 0 Å². The van der Waals surface area contributed by atoms with E-state index in [1.54, 1.807) is 0 Å². The molecule has 0 aliphatic rings. The number of aliphatic hydroxyl groups excluding tert-OH is 1. The van der Waals surface area contributed by atoms with Gasteiger partial charge < -0.3 is 14.6 Å². The first-order chi connectivity index (χ1) is 40.6. The number of carbonyl (C=O) groups is 2. The molecule has 1 unspecified atom stereocenters. The van der Waals surface area contributed by atoms with Crippen LogP contribution >= 0.6 is 0 Å². The summed E-state index contributed by atoms with van der Waals surface area (Å²) < 4.78 is 10.7. The van der Waals surface area contributed by atoms with Crippen molar-refractivity contribution in [3.8, 4) is 0 Å². The summed E-state index contributed by atoms with van der Waals surface area (Å²) in [4.78, 5) is 24.6. The van der Waals surface area contributed by atoms with Crippen molar-refractivity contribution in [2.45, 2.75) is 302 Å². The Balaban J connectivity index is 3.54. The Kier molecular flexibility index (Phi) is 66.9. The fourth-order valence-electron chi connectivity index (χ4n) is 9.31. The molecule has 0 amide bonds. The largest absolute Gasteiger partial charge is 0.462 e. The predicted octanol–water partition coefficient (Wildman–Crippen LogP) is 23.9. The van der Waals surface area contributed by atoms with Crippen LogP contribution in [-0.4, -0.2) is 36.4 Å². The lowest BCUT2D eigenvalue weighted by Crippen LogP contribution is -2.28. The normalized spacial score (nSPS) is 13.3. The maximum absolute atomic E-state index is 12.4. The van der Waals surface area contributed by atoms with Crippen molar-refractivity contribution in [1.29, 1.82) is 0 Å². The van der Waals surface area contributed by atoms with Gasteiger partial charge in [0.25, 0.3) is 0 Å². The van der Waals surface area contributed by atoms with Crippen LogP contribution in [0.5, 0.6) is 0 Å². The zero-order valence-electron chi connectivity index (χ0n) is 53.2. The number of allylic oxidation sites excluding steroid dienone is 26. The molecule has 464 valence electrons. The number of ether oxygens (including phenoxy) is 2. The van der Waals surface area contributed by atoms with Gasteiger partial charge in [0, 0.05) is 12.8 Å². The molecule has 0 aromatic carbocycles. The van der Waals surface area contributed by atoms with E-state index in [1.165, 1.54) is 128 Å². The monoisotopic (exact) mass is 1130 g/mol. The second kappa shape index (κ2) is 70.8. The minimum atomic E-state index is -0.794. The second-order valence-corrected chi connectivity index (χ2v) is 22.1. The van der Waals surface area contributed by atoms with Gasteiger partial charge in [0.2, 0.25) is 0 Å². The van der Waals surface area contributed by atoms with Crippen LogP contribution in [0.2, 0.25) is 0 Å². The van der Waals surface area contributed by atoms with E-state index in [0.29, 0.717) is 12.8 Å². The van der Waals surface area contributed by atoms with Crippen LogP contribution in [0, 0.1) is 0 Å². The van der Waals surface area contributed by atoms with Gasteiger partial charge in [0.05, 0.1) is 6.61 Å². The fourth-order valence-corrected chi connectivity index (χ4v) is 9.31. The first-order valence-corrected chi connectivity index (χ1v) is 34.0. The van der Waals surface area contributed by atoms with Crippen LogP contribution in [-0.2, 0) is 19.1 Å². The maximum atomic E-state index is 12.4. The third-order valence-corrected chi connectivity index (χ3v) is 14.3. The lowest BCUT2D eigenvalue weighted by Gasteiger charge is -2.15. The van der Waals surface area contributed by atoms with E-state index in [1.807, 2.05) is 0 Å². The molecular weight excluding hydrogens is 1000 g/mol. The minimum Gasteiger partial charge on any atom is -0.462 e. The average molecular weight is 1130 g/mol. The molecule has 5 heteroatoms. The van der Waals surface area contributed by atoms with E-state index >= 15 is 0 Å². The van der Waals surface area contributed by atoms with Crippen LogP contribution in [0.25, 0.3) is 0 Å². The van der Waals surface area contributed by atoms with E-state index < -0.39 is 6.10 Å². The van der Waals surface area contributed by atoms with Gasteiger partial charge >= 0.3 is 11.9 Å². The van der Waals surface area contributed by atoms with Gasteiger partial charge in [0.1, 0.15) is 6.61 Å². The van der Waals surface area contributed by atoms with Gasteiger partial charge in [-0.25, -0.2) is 0 Å². The van der Waals surface area contributed by atoms with Crippen molar-refractivity contribution in [3.63, 3.8) is 0 Å². The Morgan fingerprint density at radius 3 is 0.732 bits per heavy atom. The average Bonchev–Trinajstić information content (AvgIpc) is 3.49. The predicted molar refractivity (Wildman–Crippen MR) is 361 cm³/mol. The SMILES string of the molecule is CC/C=C\C/C=C\C/C=C\C/C=C\C/C=C\C/C=C\C/C=C\C/C=C\C/C=C\CCCCCCCC(=O)OC(CO)COC(=O)CCCCCCCCCCCCCCCCCCCCCCCC/C=C\C/C=C\C/C=C\C/C=C\CC. The Hall–Kier alpha value is -4.48. The molecule has 0 radical (unpaired) electrons. The van der Waals surface area contributed by atoms with Gasteiger partial charge in [-0.15, -0.1) is 0 Å². The molecule has 0 fully saturated rings. The van der Waals surface area contributed by atoms with E-state index in [4.69, 9.17) is 9.47 Å². The van der Waals surface area contributed by atoms with Crippen LogP contribution in [0.4, 0.5) is 0 Å². The van der Waals surface area contributed by atoms with Crippen molar-refractivity contribution in [2.75, 3.05) is 13.2 Å². The number of esters is 2. The number of hydrogen-bond donors (Lipinski definition) is 1. The lowest BCUT2D eigenvalue weighted by atomic mass is 10.0. The van der Waals surface area contributed by atoms with Crippen LogP contribution in [0.1, 0.15) is 296 Å². The summed E-state index contributed by atoms with van der Waals surface area (Å²) in [5.41, 5.74) is 0. The minimum absolute atomic E-state index is 0.0803. The highest BCUT2D eigenvalue weighted by atomic mass is 16.6. The number of hydrogen-bond acceptors (Lipinski definition) is 5. The van der Waals surface area contributed by atoms with Gasteiger partial charge in [-0.3, -0.25) is 9.59 Å². The zero-order valence-corrected chi connectivity index (χ0v) is 53.2. The van der Waals surface area contributed by atoms with Crippen molar-refractivity contribution in [1.82, 2.24) is 0 Å². The van der Waals surface area contributed by atoms with Gasteiger partial charge in [-0.05, 0) is 122 Å². The third-order valence-electron chi connectivity index (χ3n) is 14.3. The van der Waals surface area contributed by atoms with Crippen molar-refractivity contribution in [2.24, 2.45) is 0 Å². The summed E-state index contributed by atoms with van der Waals surface area (Å²) in [5, 5.41) is 9.70. The van der Waals surface area contributed by atoms with Crippen molar-refractivity contribution >= 4 is 11.9 Å². The molecule has 0 aromatic heterocycles. The number of rotatable bonds is 61. The fraction of sp³-hybridized carbons (Fsp3) is 0.636. The quantitative estimate of drug-likeness (QED) is 0.0373. The molecule has 5 nitrogen and oxygen atoms in total. The summed E-state index contributed by atoms with van der Waals surface area (Å²) in [6.07, 6.45) is 108. The Morgan fingerprint density at radius 2 is 0.488 bits per heavy atom. The standard InChI is InChI=1S/C77H126O5/c1-3-5-7-9-11-13-15-17-19-21-23-25-27-29-31-33-35-37-38-40-41-43-45-47-49-51-53-55-57-59-61-63-65-67-69-71-76(79)81-74-75(73-78)82-77(80)72-70-68-66-64-62-60-58-56-54-52-50-48-46-44-42-39-36-34-32-30-28-26-24-22-20-18-16-14-12-10-8-6-4-2/h5-8,11-14,17-20,23-26,30,32,36,39,44,46,50,52,56,58,75,78H,3-4,9-10,15-16,21-22,27-29,31,33-35,37-38,40-43,45,47-49,51,53-55,57,59-74H2,1-2H3/b7-5-,8-6-,13-11-,14-12-,19-17-,20-18-,25-23-,26-24-,32-30-,39-36-,46-44-,52-50-,58-56-. The van der Waals surface area contributed by atoms with Crippen molar-refractivity contribution < 1.29 is 24.2 Å². The number of carbonyl (C=O) groups excluding carboxylic acids is 2. The summed E-state index contributed by atoms with van der Waals surface area (Å²) >= 11 is 0. The highest BCUT2D eigenvalue weighted by molar-refractivity contribution is 5.70. The molecule has 0 bridgehead atoms. The Bertz CT molecular complexity index is 1760. The van der Waals surface area contributed by atoms with Gasteiger partial charge in [-0.1, -0.05) is 320 Å². The van der Waals surface area contributed by atoms with E-state index in [0.717, 1.165) is 141 Å². The number of unbranched alkanes of at least 4 members (excludes halogenated alkanes) is 27. The molecule has 0 spiro atoms. The highest BCUT2D eigenvalue weighted by Gasteiger charge is 2.16. The summed E-state index contributed by atoms with van der Waals surface area (Å²) in [5.74, 6) is -0.613. The van der Waals surface area contributed by atoms with Crippen LogP contribution in [0.15, 0.2) is 158 Å². The molecule has 0 aliphatic heterocycles. The third kappa shape index (κ3) is 68.0. The van der Waals surface area contributed by atoms with E-state index in [2.05, 4.69) is 172 Å². The zero-order chi connectivity index (χ0) is 59.1. The second-order valence-electron chi connectivity index (χ2n) is 22.1. The summed E-state index contributed by atoms with van der Waals surface area (Å²) in [7, 11) is 0. The van der Waals surface area contributed by atoms with E-state index in [-0.39, 0.29) is 25.2 Å². The number of aliphatic hydroxyl groups is 1. The molecule has 1 atom stereocenters. The Morgan fingerprint density at radius 1 is 0.280 bits per heavy atom. The molecule has 0 aromatic rings. The Labute approximate surface area is 507 Å². The topological polar surface area (TPSA) is 72.8 Å². The lowest BCUT2D eigenvalue weighted by molar-refractivity contribution is -0.161. The molecule has 0 saturated carbocycles. The first kappa shape index (κ1) is 77.5. The van der Waals surface area contributed by atoms with E-state index in [9.17, 15) is 14.7 Å². The first-order valence-electron chi connectivity index (χ1n) is 34.0. The highest BCUT2D eigenvalue weighted by Crippen LogP contribution is 2.17. The smallest absolute Gasteiger partial charge is 0.306 e.